The van der Waals surface area contributed by atoms with Crippen LogP contribution in [0.15, 0.2) is 54.6 Å². The number of fused-ring (bicyclic) bond motifs is 3. The molecule has 21 nitrogen and oxygen atoms in total. The monoisotopic (exact) mass is 1120 g/mol. The quantitative estimate of drug-likeness (QED) is 0.218. The molecule has 6 amide bonds. The Morgan fingerprint density at radius 3 is 2.19 bits per heavy atom. The Bertz CT molecular complexity index is 2520. The summed E-state index contributed by atoms with van der Waals surface area (Å²) in [4.78, 5) is 130. The molecule has 2 bridgehead atoms. The van der Waals surface area contributed by atoms with Gasteiger partial charge in [-0.1, -0.05) is 51.5 Å². The third-order valence-electron chi connectivity index (χ3n) is 13.8. The van der Waals surface area contributed by atoms with Crippen LogP contribution in [0.3, 0.4) is 0 Å². The lowest BCUT2D eigenvalue weighted by Gasteiger charge is -2.36. The summed E-state index contributed by atoms with van der Waals surface area (Å²) in [6.45, 7) is 12.6. The van der Waals surface area contributed by atoms with E-state index < -0.39 is 114 Å². The van der Waals surface area contributed by atoms with E-state index in [4.69, 9.17) is 28.4 Å². The molecule has 0 saturated carbocycles. The molecule has 2 N–H and O–H groups in total. The minimum atomic E-state index is -1.49. The molecule has 0 radical (unpaired) electrons. The fourth-order valence-corrected chi connectivity index (χ4v) is 9.08. The number of esters is 2. The molecule has 1 fully saturated rings. The number of aryl methyl sites for hydroxylation is 1. The topological polar surface area (TPSA) is 246 Å². The van der Waals surface area contributed by atoms with E-state index in [1.165, 1.54) is 62.9 Å². The number of ketones is 1. The van der Waals surface area contributed by atoms with E-state index in [0.29, 0.717) is 42.7 Å². The molecule has 0 unspecified atom stereocenters. The molecule has 2 aliphatic rings. The summed E-state index contributed by atoms with van der Waals surface area (Å²) < 4.78 is 34.7. The predicted molar refractivity (Wildman–Crippen MR) is 297 cm³/mol. The number of nitrogens with zero attached hydrogens (tertiary/aromatic N) is 4. The Hall–Kier alpha value is -7.03. The van der Waals surface area contributed by atoms with Gasteiger partial charge in [0.15, 0.2) is 18.1 Å². The van der Waals surface area contributed by atoms with Crippen LogP contribution in [0.2, 0.25) is 0 Å². The maximum Gasteiger partial charge on any atom is 0.330 e. The number of hydrogen-bond acceptors (Lipinski definition) is 15. The lowest BCUT2D eigenvalue weighted by atomic mass is 9.87. The summed E-state index contributed by atoms with van der Waals surface area (Å²) in [6, 6.07) is 7.64. The molecular weight excluding hydrogens is 1030 g/mol. The number of nitrogens with one attached hydrogen (secondary N) is 2. The molecule has 442 valence electrons. The molecule has 80 heavy (non-hydrogen) atoms. The van der Waals surface area contributed by atoms with Crippen molar-refractivity contribution in [1.29, 1.82) is 0 Å². The largest absolute Gasteiger partial charge is 0.493 e. The minimum absolute atomic E-state index is 0.0919. The number of amides is 6. The van der Waals surface area contributed by atoms with Crippen molar-refractivity contribution in [2.24, 2.45) is 11.3 Å². The second kappa shape index (κ2) is 30.5. The molecule has 5 atom stereocenters. The summed E-state index contributed by atoms with van der Waals surface area (Å²) in [5, 5.41) is 5.62. The predicted octanol–water partition coefficient (Wildman–Crippen LogP) is 5.15. The number of Topliss-reactive ketones (excluding diaryl/α,β-unsaturated/α-hetero) is 1. The van der Waals surface area contributed by atoms with Crippen molar-refractivity contribution in [2.45, 2.75) is 149 Å². The number of carbonyl (C=O) groups excluding carboxylic acids is 9. The molecule has 2 heterocycles. The van der Waals surface area contributed by atoms with Gasteiger partial charge in [0, 0.05) is 40.3 Å². The summed E-state index contributed by atoms with van der Waals surface area (Å²) in [5.41, 5.74) is -0.869. The average molecular weight is 1120 g/mol. The molecule has 2 aromatic carbocycles. The molecule has 0 aliphatic carbocycles. The standard InChI is InChI=1S/C59H86N6O15/c1-14-20-42-54(71)62(9)29-17-16-24-51(68)78-37-59(7,8)52(69)56(73)65-30-18-15-23-44(65)57(74)80-46(27-25-39-26-28-47(75-12)48(32-39)76-13)40-21-19-22-41(33-40)77-36-50(67)63(10)34-49(66)60-43(31-38(2)3)55(72)64(11)45(53(70)61-42)35-79-58(4,5)6/h16,19,21-22,24,26,28,32-33,38,42-46H,14-15,17-18,20,23,25,27,29-31,34-37H2,1-13H3,(H,60,66)(H,61,70)/t42-,43+,44-,45-,46+/m0/s1. The molecule has 0 spiro atoms. The highest BCUT2D eigenvalue weighted by Gasteiger charge is 2.43. The van der Waals surface area contributed by atoms with Crippen LogP contribution >= 0.6 is 0 Å². The average Bonchev–Trinajstić information content (AvgIpc) is 3.41. The fourth-order valence-electron chi connectivity index (χ4n) is 9.08. The van der Waals surface area contributed by atoms with E-state index in [1.807, 2.05) is 32.9 Å². The Morgan fingerprint density at radius 1 is 0.812 bits per heavy atom. The van der Waals surface area contributed by atoms with Crippen LogP contribution in [0.5, 0.6) is 17.2 Å². The number of cyclic esters (lactones) is 2. The molecular formula is C59H86N6O15. The number of hydrogen-bond donors (Lipinski definition) is 2. The van der Waals surface area contributed by atoms with Crippen molar-refractivity contribution in [3.8, 4) is 17.2 Å². The van der Waals surface area contributed by atoms with Gasteiger partial charge in [-0.05, 0) is 127 Å². The van der Waals surface area contributed by atoms with Gasteiger partial charge in [0.1, 0.15) is 42.6 Å². The SMILES string of the molecule is CCC[C@@H]1NC(=O)[C@H](COC(C)(C)C)N(C)C(=O)[C@@H](CC(C)C)NC(=O)CN(C)C(=O)COc2cccc(c2)[C@@H](CCc2ccc(OC)c(OC)c2)OC(=O)[C@@H]2CCCCN2C(=O)C(=O)C(C)(C)COC(=O)C=CCCN(C)C1=O. The molecule has 21 heteroatoms. The minimum Gasteiger partial charge on any atom is -0.493 e. The highest BCUT2D eigenvalue weighted by molar-refractivity contribution is 6.38. The van der Waals surface area contributed by atoms with Gasteiger partial charge in [-0.2, -0.15) is 0 Å². The van der Waals surface area contributed by atoms with Crippen molar-refractivity contribution >= 4 is 53.2 Å². The zero-order valence-electron chi connectivity index (χ0n) is 49.2. The van der Waals surface area contributed by atoms with E-state index in [2.05, 4.69) is 10.6 Å². The van der Waals surface area contributed by atoms with E-state index in [9.17, 15) is 43.2 Å². The van der Waals surface area contributed by atoms with Crippen LogP contribution in [0, 0.1) is 11.3 Å². The van der Waals surface area contributed by atoms with Gasteiger partial charge in [0.05, 0.1) is 38.4 Å². The Balaban J connectivity index is 1.70. The smallest absolute Gasteiger partial charge is 0.330 e. The summed E-state index contributed by atoms with van der Waals surface area (Å²) in [6.07, 6.45) is 4.90. The third-order valence-corrected chi connectivity index (χ3v) is 13.8. The second-order valence-electron chi connectivity index (χ2n) is 22.5. The summed E-state index contributed by atoms with van der Waals surface area (Å²) in [7, 11) is 7.46. The van der Waals surface area contributed by atoms with Gasteiger partial charge in [0.25, 0.3) is 11.8 Å². The number of benzene rings is 2. The van der Waals surface area contributed by atoms with Gasteiger partial charge >= 0.3 is 11.9 Å². The van der Waals surface area contributed by atoms with Crippen molar-refractivity contribution in [2.75, 3.05) is 74.8 Å². The lowest BCUT2D eigenvalue weighted by Crippen LogP contribution is -2.59. The van der Waals surface area contributed by atoms with Crippen LogP contribution < -0.4 is 24.8 Å². The van der Waals surface area contributed by atoms with Crippen LogP contribution in [-0.4, -0.2) is 177 Å². The molecule has 4 rings (SSSR count). The number of methoxy groups -OCH3 is 2. The first kappa shape index (κ1) is 65.5. The first-order valence-corrected chi connectivity index (χ1v) is 27.5. The van der Waals surface area contributed by atoms with E-state index in [0.717, 1.165) is 16.5 Å². The van der Waals surface area contributed by atoms with Gasteiger partial charge in [-0.25, -0.2) is 9.59 Å². The number of rotatable bonds is 11. The molecule has 1 saturated heterocycles. The Labute approximate surface area is 471 Å². The third kappa shape index (κ3) is 19.7. The molecule has 2 aromatic rings. The van der Waals surface area contributed by atoms with Crippen LogP contribution in [0.25, 0.3) is 0 Å². The van der Waals surface area contributed by atoms with Crippen molar-refractivity contribution < 1.29 is 71.6 Å². The lowest BCUT2D eigenvalue weighted by molar-refractivity contribution is -0.165. The highest BCUT2D eigenvalue weighted by Crippen LogP contribution is 2.33. The van der Waals surface area contributed by atoms with E-state index in [1.54, 1.807) is 58.2 Å². The van der Waals surface area contributed by atoms with Gasteiger partial charge in [-0.3, -0.25) is 33.6 Å². The van der Waals surface area contributed by atoms with Gasteiger partial charge in [-0.15, -0.1) is 0 Å². The number of piperidine rings is 1. The second-order valence-corrected chi connectivity index (χ2v) is 22.5. The van der Waals surface area contributed by atoms with Crippen molar-refractivity contribution in [3.63, 3.8) is 0 Å². The van der Waals surface area contributed by atoms with E-state index >= 15 is 0 Å². The van der Waals surface area contributed by atoms with E-state index in [-0.39, 0.29) is 63.5 Å². The first-order chi connectivity index (χ1) is 37.7. The van der Waals surface area contributed by atoms with Crippen molar-refractivity contribution in [1.82, 2.24) is 30.2 Å². The fraction of sp³-hybridized carbons (Fsp3) is 0.610. The number of carbonyl (C=O) groups is 9. The maximum absolute atomic E-state index is 14.4. The van der Waals surface area contributed by atoms with Crippen LogP contribution in [-0.2, 0) is 63.8 Å². The molecule has 2 aliphatic heterocycles. The van der Waals surface area contributed by atoms with Gasteiger partial charge < -0.3 is 58.7 Å². The highest BCUT2D eigenvalue weighted by atomic mass is 16.5. The zero-order valence-corrected chi connectivity index (χ0v) is 49.2. The first-order valence-electron chi connectivity index (χ1n) is 27.5. The zero-order chi connectivity index (χ0) is 59.5. The number of ether oxygens (including phenoxy) is 6. The summed E-state index contributed by atoms with van der Waals surface area (Å²) in [5.74, 6) is -4.99. The Morgan fingerprint density at radius 2 is 1.52 bits per heavy atom. The summed E-state index contributed by atoms with van der Waals surface area (Å²) >= 11 is 0. The van der Waals surface area contributed by atoms with Crippen LogP contribution in [0.4, 0.5) is 0 Å². The Kier molecular flexibility index (Phi) is 25.0. The number of likely N-dealkylation sites (N-methyl/N-ethyl adjacent to an activating group) is 3. The van der Waals surface area contributed by atoms with Gasteiger partial charge in [0.2, 0.25) is 29.4 Å². The maximum atomic E-state index is 14.4. The van der Waals surface area contributed by atoms with Crippen molar-refractivity contribution in [3.05, 3.63) is 65.7 Å². The normalized spacial score (nSPS) is 22.6. The van der Waals surface area contributed by atoms with Crippen LogP contribution in [0.1, 0.15) is 124 Å². The molecule has 0 aromatic heterocycles.